The molecule has 2 atom stereocenters. The van der Waals surface area contributed by atoms with E-state index < -0.39 is 0 Å². The highest BCUT2D eigenvalue weighted by Gasteiger charge is 2.33. The summed E-state index contributed by atoms with van der Waals surface area (Å²) in [5.41, 5.74) is 0.963. The molecular formula is C12H15NO3. The largest absolute Gasteiger partial charge is 0.497 e. The Morgan fingerprint density at radius 2 is 2.31 bits per heavy atom. The van der Waals surface area contributed by atoms with E-state index in [1.807, 2.05) is 31.2 Å². The number of hydrogen-bond donors (Lipinski definition) is 1. The summed E-state index contributed by atoms with van der Waals surface area (Å²) in [4.78, 5) is 11.2. The van der Waals surface area contributed by atoms with Crippen LogP contribution in [0.25, 0.3) is 0 Å². The number of hydrogen-bond acceptors (Lipinski definition) is 3. The number of methoxy groups -OCH3 is 1. The van der Waals surface area contributed by atoms with Gasteiger partial charge in [0.1, 0.15) is 11.9 Å². The number of nitrogens with one attached hydrogen (secondary N) is 1. The molecule has 0 bridgehead atoms. The zero-order valence-electron chi connectivity index (χ0n) is 9.40. The zero-order chi connectivity index (χ0) is 11.5. The molecule has 0 aromatic heterocycles. The molecule has 1 aliphatic rings. The smallest absolute Gasteiger partial charge is 0.408 e. The number of cyclic esters (lactones) is 1. The van der Waals surface area contributed by atoms with Gasteiger partial charge in [-0.1, -0.05) is 19.1 Å². The van der Waals surface area contributed by atoms with Gasteiger partial charge in [-0.15, -0.1) is 0 Å². The van der Waals surface area contributed by atoms with Crippen molar-refractivity contribution in [3.8, 4) is 5.75 Å². The highest BCUT2D eigenvalue weighted by molar-refractivity contribution is 5.70. The van der Waals surface area contributed by atoms with E-state index in [1.165, 1.54) is 0 Å². The number of carbonyl (C=O) groups is 1. The topological polar surface area (TPSA) is 47.6 Å². The number of ether oxygens (including phenoxy) is 2. The highest BCUT2D eigenvalue weighted by atomic mass is 16.6. The predicted octanol–water partition coefficient (Wildman–Crippen LogP) is 2.25. The monoisotopic (exact) mass is 221 g/mol. The molecule has 4 nitrogen and oxygen atoms in total. The van der Waals surface area contributed by atoms with Gasteiger partial charge in [-0.3, -0.25) is 0 Å². The van der Waals surface area contributed by atoms with Crippen LogP contribution in [0.3, 0.4) is 0 Å². The average Bonchev–Trinajstić information content (AvgIpc) is 2.70. The van der Waals surface area contributed by atoms with Crippen molar-refractivity contribution >= 4 is 6.09 Å². The third kappa shape index (κ3) is 1.96. The summed E-state index contributed by atoms with van der Waals surface area (Å²) >= 11 is 0. The molecule has 0 aliphatic carbocycles. The molecule has 1 fully saturated rings. The standard InChI is InChI=1S/C12H15NO3/c1-3-10-11(16-12(14)13-10)8-5-4-6-9(7-8)15-2/h4-7,10-11H,3H2,1-2H3,(H,13,14). The van der Waals surface area contributed by atoms with Crippen LogP contribution in [0.4, 0.5) is 4.79 Å². The molecule has 2 unspecified atom stereocenters. The predicted molar refractivity (Wildman–Crippen MR) is 59.4 cm³/mol. The second-order valence-electron chi connectivity index (χ2n) is 3.76. The van der Waals surface area contributed by atoms with Crippen molar-refractivity contribution in [2.24, 2.45) is 0 Å². The zero-order valence-corrected chi connectivity index (χ0v) is 9.40. The van der Waals surface area contributed by atoms with Crippen LogP contribution in [-0.2, 0) is 4.74 Å². The molecule has 1 N–H and O–H groups in total. The van der Waals surface area contributed by atoms with Crippen molar-refractivity contribution in [2.75, 3.05) is 7.11 Å². The second kappa shape index (κ2) is 4.43. The highest BCUT2D eigenvalue weighted by Crippen LogP contribution is 2.29. The first-order chi connectivity index (χ1) is 7.74. The fourth-order valence-corrected chi connectivity index (χ4v) is 1.89. The van der Waals surface area contributed by atoms with Crippen LogP contribution in [0.5, 0.6) is 5.75 Å². The molecule has 1 aromatic rings. The van der Waals surface area contributed by atoms with Gasteiger partial charge >= 0.3 is 6.09 Å². The van der Waals surface area contributed by atoms with E-state index in [0.29, 0.717) is 0 Å². The van der Waals surface area contributed by atoms with Crippen molar-refractivity contribution in [3.63, 3.8) is 0 Å². The Bertz CT molecular complexity index is 392. The van der Waals surface area contributed by atoms with E-state index in [4.69, 9.17) is 9.47 Å². The van der Waals surface area contributed by atoms with Gasteiger partial charge in [-0.25, -0.2) is 4.79 Å². The normalized spacial score (nSPS) is 23.8. The molecule has 86 valence electrons. The Balaban J connectivity index is 2.25. The number of rotatable bonds is 3. The van der Waals surface area contributed by atoms with Gasteiger partial charge in [0.25, 0.3) is 0 Å². The minimum Gasteiger partial charge on any atom is -0.497 e. The third-order valence-electron chi connectivity index (χ3n) is 2.76. The molecule has 0 spiro atoms. The lowest BCUT2D eigenvalue weighted by atomic mass is 10.0. The third-order valence-corrected chi connectivity index (χ3v) is 2.76. The lowest BCUT2D eigenvalue weighted by Gasteiger charge is -2.15. The van der Waals surface area contributed by atoms with E-state index in [1.54, 1.807) is 7.11 Å². The number of carbonyl (C=O) groups excluding carboxylic acids is 1. The maximum Gasteiger partial charge on any atom is 0.408 e. The maximum atomic E-state index is 11.2. The van der Waals surface area contributed by atoms with Crippen LogP contribution >= 0.6 is 0 Å². The fourth-order valence-electron chi connectivity index (χ4n) is 1.89. The van der Waals surface area contributed by atoms with E-state index in [-0.39, 0.29) is 18.2 Å². The summed E-state index contributed by atoms with van der Waals surface area (Å²) in [6, 6.07) is 7.64. The molecule has 1 saturated heterocycles. The molecular weight excluding hydrogens is 206 g/mol. The van der Waals surface area contributed by atoms with Crippen LogP contribution in [0.1, 0.15) is 25.0 Å². The van der Waals surface area contributed by atoms with E-state index >= 15 is 0 Å². The molecule has 1 aromatic carbocycles. The Morgan fingerprint density at radius 1 is 1.50 bits per heavy atom. The molecule has 1 amide bonds. The van der Waals surface area contributed by atoms with Crippen molar-refractivity contribution < 1.29 is 14.3 Å². The van der Waals surface area contributed by atoms with Crippen LogP contribution < -0.4 is 10.1 Å². The van der Waals surface area contributed by atoms with Crippen LogP contribution in [0, 0.1) is 0 Å². The van der Waals surface area contributed by atoms with Gasteiger partial charge in [0, 0.05) is 0 Å². The number of alkyl carbamates (subject to hydrolysis) is 1. The summed E-state index contributed by atoms with van der Waals surface area (Å²) in [6.45, 7) is 2.02. The van der Waals surface area contributed by atoms with E-state index in [2.05, 4.69) is 5.32 Å². The first kappa shape index (κ1) is 10.8. The molecule has 16 heavy (non-hydrogen) atoms. The first-order valence-corrected chi connectivity index (χ1v) is 5.35. The van der Waals surface area contributed by atoms with Crippen molar-refractivity contribution in [1.82, 2.24) is 5.32 Å². The summed E-state index contributed by atoms with van der Waals surface area (Å²) in [7, 11) is 1.62. The molecule has 0 radical (unpaired) electrons. The van der Waals surface area contributed by atoms with Gasteiger partial charge in [-0.2, -0.15) is 0 Å². The average molecular weight is 221 g/mol. The lowest BCUT2D eigenvalue weighted by molar-refractivity contribution is 0.131. The Labute approximate surface area is 94.6 Å². The summed E-state index contributed by atoms with van der Waals surface area (Å²) in [6.07, 6.45) is 0.278. The van der Waals surface area contributed by atoms with Crippen LogP contribution in [0.2, 0.25) is 0 Å². The minimum absolute atomic E-state index is 0.0413. The fraction of sp³-hybridized carbons (Fsp3) is 0.417. The van der Waals surface area contributed by atoms with Crippen LogP contribution in [0.15, 0.2) is 24.3 Å². The minimum atomic E-state index is -0.348. The molecule has 2 rings (SSSR count). The van der Waals surface area contributed by atoms with E-state index in [0.717, 1.165) is 17.7 Å². The SMILES string of the molecule is CCC1NC(=O)OC1c1cccc(OC)c1. The second-order valence-corrected chi connectivity index (χ2v) is 3.76. The number of amides is 1. The van der Waals surface area contributed by atoms with Crippen molar-refractivity contribution in [3.05, 3.63) is 29.8 Å². The Hall–Kier alpha value is -1.71. The quantitative estimate of drug-likeness (QED) is 0.851. The summed E-state index contributed by atoms with van der Waals surface area (Å²) in [5.74, 6) is 0.773. The number of benzene rings is 1. The summed E-state index contributed by atoms with van der Waals surface area (Å²) in [5, 5.41) is 2.79. The summed E-state index contributed by atoms with van der Waals surface area (Å²) < 4.78 is 10.4. The first-order valence-electron chi connectivity index (χ1n) is 5.35. The van der Waals surface area contributed by atoms with Gasteiger partial charge in [0.15, 0.2) is 0 Å². The Kier molecular flexibility index (Phi) is 2.99. The molecule has 1 aliphatic heterocycles. The molecule has 4 heteroatoms. The van der Waals surface area contributed by atoms with Gasteiger partial charge < -0.3 is 14.8 Å². The van der Waals surface area contributed by atoms with Crippen molar-refractivity contribution in [2.45, 2.75) is 25.5 Å². The molecule has 0 saturated carbocycles. The van der Waals surface area contributed by atoms with E-state index in [9.17, 15) is 4.79 Å². The van der Waals surface area contributed by atoms with Gasteiger partial charge in [0.05, 0.1) is 13.2 Å². The van der Waals surface area contributed by atoms with Gasteiger partial charge in [-0.05, 0) is 24.1 Å². The van der Waals surface area contributed by atoms with Crippen molar-refractivity contribution in [1.29, 1.82) is 0 Å². The Morgan fingerprint density at radius 3 is 3.00 bits per heavy atom. The van der Waals surface area contributed by atoms with Gasteiger partial charge in [0.2, 0.25) is 0 Å². The van der Waals surface area contributed by atoms with Crippen LogP contribution in [-0.4, -0.2) is 19.2 Å². The maximum absolute atomic E-state index is 11.2. The lowest BCUT2D eigenvalue weighted by Crippen LogP contribution is -2.26. The molecule has 1 heterocycles.